The molecular formula is C14H25N3. The predicted molar refractivity (Wildman–Crippen MR) is 72.2 cm³/mol. The highest BCUT2D eigenvalue weighted by Gasteiger charge is 2.29. The third kappa shape index (κ3) is 2.64. The Labute approximate surface area is 105 Å². The minimum Gasteiger partial charge on any atom is -0.356 e. The van der Waals surface area contributed by atoms with Crippen LogP contribution in [0.25, 0.3) is 0 Å². The average Bonchev–Trinajstić information content (AvgIpc) is 2.78. The molecule has 1 N–H and O–H groups in total. The highest BCUT2D eigenvalue weighted by molar-refractivity contribution is 5.26. The van der Waals surface area contributed by atoms with Crippen LogP contribution in [0.3, 0.4) is 0 Å². The molecule has 17 heavy (non-hydrogen) atoms. The molecule has 0 radical (unpaired) electrons. The first-order valence-electron chi connectivity index (χ1n) is 7.00. The summed E-state index contributed by atoms with van der Waals surface area (Å²) in [5.74, 6) is 2.63. The van der Waals surface area contributed by atoms with Crippen molar-refractivity contribution in [2.45, 2.75) is 52.5 Å². The van der Waals surface area contributed by atoms with Gasteiger partial charge in [-0.25, -0.2) is 4.98 Å². The lowest BCUT2D eigenvalue weighted by Gasteiger charge is -2.35. The number of rotatable bonds is 4. The Hall–Kier alpha value is -0.990. The van der Waals surface area contributed by atoms with Crippen LogP contribution in [0.2, 0.25) is 0 Å². The molecule has 0 saturated heterocycles. The van der Waals surface area contributed by atoms with Gasteiger partial charge < -0.3 is 9.88 Å². The van der Waals surface area contributed by atoms with Gasteiger partial charge in [-0.15, -0.1) is 0 Å². The summed E-state index contributed by atoms with van der Waals surface area (Å²) in [7, 11) is 0. The van der Waals surface area contributed by atoms with Gasteiger partial charge in [-0.3, -0.25) is 0 Å². The third-order valence-electron chi connectivity index (χ3n) is 4.22. The number of hydrogen-bond donors (Lipinski definition) is 1. The van der Waals surface area contributed by atoms with Crippen molar-refractivity contribution in [2.24, 2.45) is 11.8 Å². The molecule has 1 aromatic rings. The van der Waals surface area contributed by atoms with Crippen LogP contribution in [0.15, 0.2) is 12.4 Å². The van der Waals surface area contributed by atoms with E-state index in [1.165, 1.54) is 19.3 Å². The fourth-order valence-electron chi connectivity index (χ4n) is 2.90. The predicted octanol–water partition coefficient (Wildman–Crippen LogP) is 3.70. The van der Waals surface area contributed by atoms with Gasteiger partial charge in [-0.2, -0.15) is 0 Å². The van der Waals surface area contributed by atoms with E-state index >= 15 is 0 Å². The summed E-state index contributed by atoms with van der Waals surface area (Å²) >= 11 is 0. The van der Waals surface area contributed by atoms with E-state index in [0.717, 1.165) is 30.7 Å². The normalized spacial score (nSPS) is 29.2. The molecule has 1 saturated carbocycles. The molecule has 2 rings (SSSR count). The Bertz CT molecular complexity index is 345. The lowest BCUT2D eigenvalue weighted by Crippen LogP contribution is -2.27. The van der Waals surface area contributed by atoms with Crippen molar-refractivity contribution in [3.63, 3.8) is 0 Å². The number of hydrogen-bond acceptors (Lipinski definition) is 2. The molecule has 3 atom stereocenters. The number of nitrogens with zero attached hydrogens (tertiary/aromatic N) is 2. The minimum absolute atomic E-state index is 0.626. The number of nitrogens with one attached hydrogen (secondary N) is 1. The fraction of sp³-hybridized carbons (Fsp3) is 0.786. The van der Waals surface area contributed by atoms with E-state index in [1.54, 1.807) is 0 Å². The van der Waals surface area contributed by atoms with Crippen molar-refractivity contribution in [1.82, 2.24) is 9.55 Å². The van der Waals surface area contributed by atoms with Crippen molar-refractivity contribution < 1.29 is 0 Å². The van der Waals surface area contributed by atoms with Crippen molar-refractivity contribution in [1.29, 1.82) is 0 Å². The van der Waals surface area contributed by atoms with Crippen molar-refractivity contribution in [2.75, 3.05) is 11.9 Å². The maximum Gasteiger partial charge on any atom is 0.203 e. The van der Waals surface area contributed by atoms with E-state index in [0.29, 0.717) is 6.04 Å². The monoisotopic (exact) mass is 235 g/mol. The van der Waals surface area contributed by atoms with Gasteiger partial charge in [0.15, 0.2) is 0 Å². The van der Waals surface area contributed by atoms with Gasteiger partial charge in [0.2, 0.25) is 5.95 Å². The maximum atomic E-state index is 4.44. The summed E-state index contributed by atoms with van der Waals surface area (Å²) in [5.41, 5.74) is 0. The smallest absolute Gasteiger partial charge is 0.203 e. The Morgan fingerprint density at radius 2 is 2.24 bits per heavy atom. The first-order valence-corrected chi connectivity index (χ1v) is 7.00. The Balaban J connectivity index is 2.12. The molecule has 1 heterocycles. The van der Waals surface area contributed by atoms with Crippen LogP contribution in [0.4, 0.5) is 5.95 Å². The SMILES string of the molecule is CCCNc1nccn1C1CCCC(C)C1C. The molecule has 1 aliphatic carbocycles. The van der Waals surface area contributed by atoms with E-state index in [-0.39, 0.29) is 0 Å². The van der Waals surface area contributed by atoms with Gasteiger partial charge in [0.1, 0.15) is 0 Å². The zero-order valence-corrected chi connectivity index (χ0v) is 11.3. The highest BCUT2D eigenvalue weighted by atomic mass is 15.2. The summed E-state index contributed by atoms with van der Waals surface area (Å²) in [6, 6.07) is 0.626. The Morgan fingerprint density at radius 3 is 3.00 bits per heavy atom. The first kappa shape index (κ1) is 12.5. The second-order valence-electron chi connectivity index (χ2n) is 5.42. The van der Waals surface area contributed by atoms with Gasteiger partial charge in [0, 0.05) is 25.0 Å². The van der Waals surface area contributed by atoms with Crippen molar-refractivity contribution >= 4 is 5.95 Å². The van der Waals surface area contributed by atoms with Gasteiger partial charge in [-0.05, 0) is 24.7 Å². The largest absolute Gasteiger partial charge is 0.356 e. The fourth-order valence-corrected chi connectivity index (χ4v) is 2.90. The van der Waals surface area contributed by atoms with Gasteiger partial charge in [0.05, 0.1) is 0 Å². The molecule has 96 valence electrons. The lowest BCUT2D eigenvalue weighted by atomic mass is 9.78. The van der Waals surface area contributed by atoms with E-state index in [9.17, 15) is 0 Å². The summed E-state index contributed by atoms with van der Waals surface area (Å²) in [4.78, 5) is 4.44. The Morgan fingerprint density at radius 1 is 1.41 bits per heavy atom. The van der Waals surface area contributed by atoms with Crippen LogP contribution in [-0.2, 0) is 0 Å². The third-order valence-corrected chi connectivity index (χ3v) is 4.22. The second-order valence-corrected chi connectivity index (χ2v) is 5.42. The molecule has 0 spiro atoms. The maximum absolute atomic E-state index is 4.44. The van der Waals surface area contributed by atoms with E-state index in [2.05, 4.69) is 41.8 Å². The van der Waals surface area contributed by atoms with Crippen LogP contribution in [-0.4, -0.2) is 16.1 Å². The molecule has 0 aliphatic heterocycles. The molecule has 3 nitrogen and oxygen atoms in total. The molecule has 1 aromatic heterocycles. The summed E-state index contributed by atoms with van der Waals surface area (Å²) < 4.78 is 2.36. The average molecular weight is 235 g/mol. The van der Waals surface area contributed by atoms with Crippen molar-refractivity contribution in [3.8, 4) is 0 Å². The van der Waals surface area contributed by atoms with E-state index in [4.69, 9.17) is 0 Å². The topological polar surface area (TPSA) is 29.9 Å². The Kier molecular flexibility index (Phi) is 4.08. The lowest BCUT2D eigenvalue weighted by molar-refractivity contribution is 0.187. The molecule has 1 fully saturated rings. The summed E-state index contributed by atoms with van der Waals surface area (Å²) in [5, 5.41) is 3.43. The molecule has 3 heteroatoms. The van der Waals surface area contributed by atoms with Crippen LogP contribution < -0.4 is 5.32 Å². The molecular weight excluding hydrogens is 210 g/mol. The van der Waals surface area contributed by atoms with Crippen LogP contribution in [0.5, 0.6) is 0 Å². The zero-order valence-electron chi connectivity index (χ0n) is 11.3. The van der Waals surface area contributed by atoms with Gasteiger partial charge in [0.25, 0.3) is 0 Å². The number of aromatic nitrogens is 2. The first-order chi connectivity index (χ1) is 8.24. The van der Waals surface area contributed by atoms with Crippen LogP contribution in [0.1, 0.15) is 52.5 Å². The van der Waals surface area contributed by atoms with Crippen LogP contribution in [0, 0.1) is 11.8 Å². The molecule has 0 amide bonds. The van der Waals surface area contributed by atoms with Gasteiger partial charge >= 0.3 is 0 Å². The molecule has 0 bridgehead atoms. The quantitative estimate of drug-likeness (QED) is 0.862. The number of anilines is 1. The number of imidazole rings is 1. The summed E-state index contributed by atoms with van der Waals surface area (Å²) in [6.45, 7) is 7.96. The van der Waals surface area contributed by atoms with Gasteiger partial charge in [-0.1, -0.05) is 33.6 Å². The van der Waals surface area contributed by atoms with Crippen molar-refractivity contribution in [3.05, 3.63) is 12.4 Å². The standard InChI is InChI=1S/C14H25N3/c1-4-8-15-14-16-9-10-17(14)13-7-5-6-11(2)12(13)3/h9-13H,4-8H2,1-3H3,(H,15,16). The van der Waals surface area contributed by atoms with E-state index < -0.39 is 0 Å². The zero-order chi connectivity index (χ0) is 12.3. The molecule has 0 aromatic carbocycles. The highest BCUT2D eigenvalue weighted by Crippen LogP contribution is 2.38. The van der Waals surface area contributed by atoms with Crippen LogP contribution >= 0.6 is 0 Å². The molecule has 3 unspecified atom stereocenters. The second kappa shape index (κ2) is 5.56. The minimum atomic E-state index is 0.626. The summed E-state index contributed by atoms with van der Waals surface area (Å²) in [6.07, 6.45) is 9.22. The molecule has 1 aliphatic rings. The van der Waals surface area contributed by atoms with E-state index in [1.807, 2.05) is 6.20 Å².